The number of hydrogen-bond donors (Lipinski definition) is 1. The maximum atomic E-state index is 13.5. The smallest absolute Gasteiger partial charge is 0.123 e. The Kier molecular flexibility index (Phi) is 4.25. The van der Waals surface area contributed by atoms with Crippen molar-refractivity contribution in [2.75, 3.05) is 18.5 Å². The zero-order valence-corrected chi connectivity index (χ0v) is 12.4. The molecule has 1 aromatic rings. The van der Waals surface area contributed by atoms with Gasteiger partial charge in [-0.1, -0.05) is 12.8 Å². The van der Waals surface area contributed by atoms with Crippen LogP contribution in [0.25, 0.3) is 0 Å². The highest BCUT2D eigenvalue weighted by atomic mass is 19.1. The fourth-order valence-corrected chi connectivity index (χ4v) is 4.09. The van der Waals surface area contributed by atoms with Gasteiger partial charge >= 0.3 is 0 Å². The van der Waals surface area contributed by atoms with E-state index in [1.807, 2.05) is 13.1 Å². The largest absolute Gasteiger partial charge is 0.368 e. The molecule has 1 heterocycles. The fourth-order valence-electron chi connectivity index (χ4n) is 4.09. The van der Waals surface area contributed by atoms with Crippen LogP contribution in [0.4, 0.5) is 10.1 Å². The van der Waals surface area contributed by atoms with E-state index in [2.05, 4.69) is 10.2 Å². The van der Waals surface area contributed by atoms with E-state index in [0.29, 0.717) is 6.04 Å². The lowest BCUT2D eigenvalue weighted by molar-refractivity contribution is 0.243. The van der Waals surface area contributed by atoms with Gasteiger partial charge in [-0.05, 0) is 62.4 Å². The maximum absolute atomic E-state index is 13.5. The summed E-state index contributed by atoms with van der Waals surface area (Å²) in [5, 5.41) is 3.17. The third-order valence-corrected chi connectivity index (χ3v) is 4.96. The van der Waals surface area contributed by atoms with Crippen LogP contribution in [0.5, 0.6) is 0 Å². The van der Waals surface area contributed by atoms with Crippen molar-refractivity contribution in [3.05, 3.63) is 29.6 Å². The van der Waals surface area contributed by atoms with Crippen molar-refractivity contribution in [2.45, 2.75) is 51.1 Å². The molecule has 20 heavy (non-hydrogen) atoms. The Morgan fingerprint density at radius 3 is 2.85 bits per heavy atom. The van der Waals surface area contributed by atoms with Gasteiger partial charge in [-0.25, -0.2) is 4.39 Å². The van der Waals surface area contributed by atoms with Crippen LogP contribution < -0.4 is 10.2 Å². The van der Waals surface area contributed by atoms with Crippen LogP contribution in [-0.4, -0.2) is 19.6 Å². The molecular formula is C17H25FN2. The Bertz CT molecular complexity index is 458. The van der Waals surface area contributed by atoms with Crippen molar-refractivity contribution in [3.8, 4) is 0 Å². The molecule has 0 amide bonds. The van der Waals surface area contributed by atoms with Gasteiger partial charge in [-0.2, -0.15) is 0 Å². The predicted molar refractivity (Wildman–Crippen MR) is 81.5 cm³/mol. The van der Waals surface area contributed by atoms with Crippen LogP contribution in [0, 0.1) is 11.7 Å². The summed E-state index contributed by atoms with van der Waals surface area (Å²) in [4.78, 5) is 2.57. The SMILES string of the molecule is CNCc1cc(F)ccc1N1CCC[C@H]2CCCC[C@H]21. The number of fused-ring (bicyclic) bond motifs is 1. The van der Waals surface area contributed by atoms with E-state index >= 15 is 0 Å². The summed E-state index contributed by atoms with van der Waals surface area (Å²) >= 11 is 0. The average Bonchev–Trinajstić information content (AvgIpc) is 2.47. The Balaban J connectivity index is 1.90. The average molecular weight is 276 g/mol. The molecule has 3 rings (SSSR count). The minimum Gasteiger partial charge on any atom is -0.368 e. The summed E-state index contributed by atoms with van der Waals surface area (Å²) in [5.74, 6) is 0.723. The molecule has 2 fully saturated rings. The standard InChI is InChI=1S/C17H25FN2/c1-19-12-14-11-15(18)8-9-17(14)20-10-4-6-13-5-2-3-7-16(13)20/h8-9,11,13,16,19H,2-7,10,12H2,1H3/t13-,16-/m1/s1. The first-order valence-corrected chi connectivity index (χ1v) is 7.99. The lowest BCUT2D eigenvalue weighted by Gasteiger charge is -2.46. The molecule has 0 bridgehead atoms. The molecule has 2 nitrogen and oxygen atoms in total. The molecule has 110 valence electrons. The molecular weight excluding hydrogens is 251 g/mol. The normalized spacial score (nSPS) is 26.4. The second kappa shape index (κ2) is 6.13. The fraction of sp³-hybridized carbons (Fsp3) is 0.647. The molecule has 0 spiro atoms. The lowest BCUT2D eigenvalue weighted by atomic mass is 9.78. The molecule has 1 aliphatic heterocycles. The van der Waals surface area contributed by atoms with Crippen LogP contribution in [0.1, 0.15) is 44.1 Å². The van der Waals surface area contributed by atoms with E-state index in [1.165, 1.54) is 44.2 Å². The molecule has 1 saturated heterocycles. The minimum absolute atomic E-state index is 0.129. The highest BCUT2D eigenvalue weighted by Crippen LogP contribution is 2.38. The molecule has 2 atom stereocenters. The molecule has 2 aliphatic rings. The highest BCUT2D eigenvalue weighted by molar-refractivity contribution is 5.55. The van der Waals surface area contributed by atoms with Crippen molar-refractivity contribution in [1.82, 2.24) is 5.32 Å². The molecule has 3 heteroatoms. The van der Waals surface area contributed by atoms with Gasteiger partial charge in [0.2, 0.25) is 0 Å². The van der Waals surface area contributed by atoms with E-state index in [-0.39, 0.29) is 5.82 Å². The van der Waals surface area contributed by atoms with Gasteiger partial charge in [-0.15, -0.1) is 0 Å². The van der Waals surface area contributed by atoms with Gasteiger partial charge in [0.15, 0.2) is 0 Å². The molecule has 1 saturated carbocycles. The van der Waals surface area contributed by atoms with Crippen molar-refractivity contribution in [2.24, 2.45) is 5.92 Å². The Morgan fingerprint density at radius 1 is 1.20 bits per heavy atom. The van der Waals surface area contributed by atoms with Crippen molar-refractivity contribution in [1.29, 1.82) is 0 Å². The Labute approximate surface area is 121 Å². The van der Waals surface area contributed by atoms with Crippen LogP contribution >= 0.6 is 0 Å². The lowest BCUT2D eigenvalue weighted by Crippen LogP contribution is -2.47. The molecule has 1 N–H and O–H groups in total. The van der Waals surface area contributed by atoms with Gasteiger partial charge in [0, 0.05) is 24.8 Å². The minimum atomic E-state index is -0.129. The third kappa shape index (κ3) is 2.69. The summed E-state index contributed by atoms with van der Waals surface area (Å²) in [6, 6.07) is 5.97. The first-order chi connectivity index (χ1) is 9.79. The number of rotatable bonds is 3. The second-order valence-electron chi connectivity index (χ2n) is 6.25. The Morgan fingerprint density at radius 2 is 2.00 bits per heavy atom. The van der Waals surface area contributed by atoms with Gasteiger partial charge in [0.1, 0.15) is 5.82 Å². The second-order valence-corrected chi connectivity index (χ2v) is 6.25. The summed E-state index contributed by atoms with van der Waals surface area (Å²) < 4.78 is 13.5. The number of hydrogen-bond acceptors (Lipinski definition) is 2. The quantitative estimate of drug-likeness (QED) is 0.905. The molecule has 0 radical (unpaired) electrons. The van der Waals surface area contributed by atoms with Crippen LogP contribution in [-0.2, 0) is 6.54 Å². The number of piperidine rings is 1. The van der Waals surface area contributed by atoms with E-state index in [9.17, 15) is 4.39 Å². The highest BCUT2D eigenvalue weighted by Gasteiger charge is 2.33. The van der Waals surface area contributed by atoms with E-state index in [0.717, 1.165) is 24.6 Å². The topological polar surface area (TPSA) is 15.3 Å². The summed E-state index contributed by atoms with van der Waals surface area (Å²) in [5.41, 5.74) is 2.34. The maximum Gasteiger partial charge on any atom is 0.123 e. The van der Waals surface area contributed by atoms with E-state index < -0.39 is 0 Å². The third-order valence-electron chi connectivity index (χ3n) is 4.96. The summed E-state index contributed by atoms with van der Waals surface area (Å²) in [6.45, 7) is 1.87. The number of anilines is 1. The van der Waals surface area contributed by atoms with Crippen LogP contribution in [0.3, 0.4) is 0 Å². The number of halogens is 1. The number of nitrogens with one attached hydrogen (secondary N) is 1. The zero-order chi connectivity index (χ0) is 13.9. The summed E-state index contributed by atoms with van der Waals surface area (Å²) in [6.07, 6.45) is 8.08. The summed E-state index contributed by atoms with van der Waals surface area (Å²) in [7, 11) is 1.92. The zero-order valence-electron chi connectivity index (χ0n) is 12.4. The molecule has 0 unspecified atom stereocenters. The van der Waals surface area contributed by atoms with E-state index in [4.69, 9.17) is 0 Å². The molecule has 1 aliphatic carbocycles. The van der Waals surface area contributed by atoms with E-state index in [1.54, 1.807) is 12.1 Å². The van der Waals surface area contributed by atoms with Gasteiger partial charge in [0.05, 0.1) is 0 Å². The van der Waals surface area contributed by atoms with Gasteiger partial charge < -0.3 is 10.2 Å². The molecule has 0 aromatic heterocycles. The number of benzene rings is 1. The molecule has 1 aromatic carbocycles. The van der Waals surface area contributed by atoms with Crippen molar-refractivity contribution >= 4 is 5.69 Å². The monoisotopic (exact) mass is 276 g/mol. The van der Waals surface area contributed by atoms with Gasteiger partial charge in [-0.3, -0.25) is 0 Å². The van der Waals surface area contributed by atoms with Gasteiger partial charge in [0.25, 0.3) is 0 Å². The van der Waals surface area contributed by atoms with Crippen LogP contribution in [0.15, 0.2) is 18.2 Å². The first-order valence-electron chi connectivity index (χ1n) is 7.99. The number of nitrogens with zero attached hydrogens (tertiary/aromatic N) is 1. The first kappa shape index (κ1) is 13.9. The van der Waals surface area contributed by atoms with Crippen molar-refractivity contribution < 1.29 is 4.39 Å². The predicted octanol–water partition coefficient (Wildman–Crippen LogP) is 3.70. The van der Waals surface area contributed by atoms with Crippen LogP contribution in [0.2, 0.25) is 0 Å². The Hall–Kier alpha value is -1.09. The van der Waals surface area contributed by atoms with Crippen molar-refractivity contribution in [3.63, 3.8) is 0 Å².